The zero-order valence-electron chi connectivity index (χ0n) is 6.74. The van der Waals surface area contributed by atoms with Gasteiger partial charge in [0.15, 0.2) is 0 Å². The molecule has 3 heteroatoms. The van der Waals surface area contributed by atoms with Crippen molar-refractivity contribution < 1.29 is 0 Å². The Bertz CT molecular complexity index is 383. The van der Waals surface area contributed by atoms with Crippen molar-refractivity contribution in [1.82, 2.24) is 9.97 Å². The van der Waals surface area contributed by atoms with Gasteiger partial charge >= 0.3 is 0 Å². The molecule has 0 spiro atoms. The molecular formula is C10H6ClN2. The van der Waals surface area contributed by atoms with E-state index < -0.39 is 0 Å². The van der Waals surface area contributed by atoms with E-state index in [1.165, 1.54) is 6.33 Å². The van der Waals surface area contributed by atoms with Gasteiger partial charge in [-0.15, -0.1) is 0 Å². The van der Waals surface area contributed by atoms with E-state index in [4.69, 9.17) is 11.6 Å². The first-order valence-electron chi connectivity index (χ1n) is 3.80. The average molecular weight is 190 g/mol. The molecule has 0 aliphatic rings. The molecule has 0 N–H and O–H groups in total. The van der Waals surface area contributed by atoms with Gasteiger partial charge in [-0.05, 0) is 18.2 Å². The monoisotopic (exact) mass is 189 g/mol. The van der Waals surface area contributed by atoms with Crippen LogP contribution in [0.1, 0.15) is 0 Å². The van der Waals surface area contributed by atoms with Crippen LogP contribution in [-0.2, 0) is 0 Å². The van der Waals surface area contributed by atoms with E-state index in [1.807, 2.05) is 24.3 Å². The Labute approximate surface area is 81.2 Å². The van der Waals surface area contributed by atoms with Gasteiger partial charge in [-0.2, -0.15) is 0 Å². The summed E-state index contributed by atoms with van der Waals surface area (Å²) in [6, 6.07) is 9.23. The molecule has 2 aromatic rings. The normalized spacial score (nSPS) is 9.92. The third kappa shape index (κ3) is 1.84. The minimum atomic E-state index is 0.724. The van der Waals surface area contributed by atoms with E-state index in [0.29, 0.717) is 0 Å². The van der Waals surface area contributed by atoms with Crippen molar-refractivity contribution in [3.63, 3.8) is 0 Å². The smallest absolute Gasteiger partial charge is 0.116 e. The molecule has 13 heavy (non-hydrogen) atoms. The summed E-state index contributed by atoms with van der Waals surface area (Å²) in [4.78, 5) is 7.82. The molecule has 0 aliphatic heterocycles. The molecule has 1 aromatic carbocycles. The summed E-state index contributed by atoms with van der Waals surface area (Å²) in [5.41, 5.74) is 1.87. The molecule has 2 rings (SSSR count). The molecule has 0 bridgehead atoms. The maximum absolute atomic E-state index is 5.76. The van der Waals surface area contributed by atoms with Crippen molar-refractivity contribution in [3.8, 4) is 11.3 Å². The van der Waals surface area contributed by atoms with Gasteiger partial charge in [0.05, 0.1) is 11.9 Å². The van der Waals surface area contributed by atoms with Crippen molar-refractivity contribution >= 4 is 11.6 Å². The molecule has 63 valence electrons. The van der Waals surface area contributed by atoms with Crippen LogP contribution in [0.5, 0.6) is 0 Å². The van der Waals surface area contributed by atoms with Crippen LogP contribution in [-0.4, -0.2) is 9.97 Å². The Hall–Kier alpha value is -1.41. The lowest BCUT2D eigenvalue weighted by atomic mass is 10.1. The predicted octanol–water partition coefficient (Wildman–Crippen LogP) is 2.60. The van der Waals surface area contributed by atoms with E-state index in [0.717, 1.165) is 16.3 Å². The van der Waals surface area contributed by atoms with Crippen LogP contribution in [0.15, 0.2) is 36.7 Å². The van der Waals surface area contributed by atoms with Crippen LogP contribution in [0, 0.1) is 6.20 Å². The summed E-state index contributed by atoms with van der Waals surface area (Å²) < 4.78 is 0. The SMILES string of the molecule is Clc1ccc(-c2c[c]ncn2)cc1. The summed E-state index contributed by atoms with van der Waals surface area (Å²) >= 11 is 5.76. The minimum Gasteiger partial charge on any atom is -0.236 e. The van der Waals surface area contributed by atoms with Gasteiger partial charge in [0.2, 0.25) is 0 Å². The Morgan fingerprint density at radius 2 is 1.92 bits per heavy atom. The van der Waals surface area contributed by atoms with Crippen LogP contribution in [0.4, 0.5) is 0 Å². The molecule has 0 saturated heterocycles. The van der Waals surface area contributed by atoms with Gasteiger partial charge in [0, 0.05) is 10.6 Å². The van der Waals surface area contributed by atoms with Gasteiger partial charge in [-0.3, -0.25) is 0 Å². The molecule has 0 atom stereocenters. The number of rotatable bonds is 1. The minimum absolute atomic E-state index is 0.724. The zero-order valence-corrected chi connectivity index (χ0v) is 7.49. The van der Waals surface area contributed by atoms with Gasteiger partial charge < -0.3 is 0 Å². The molecule has 1 aromatic heterocycles. The fourth-order valence-corrected chi connectivity index (χ4v) is 1.16. The standard InChI is InChI=1S/C10H6ClN2/c11-9-3-1-8(2-4-9)10-5-6-12-7-13-10/h1-5,7H. The van der Waals surface area contributed by atoms with Gasteiger partial charge in [-0.1, -0.05) is 23.7 Å². The molecule has 1 radical (unpaired) electrons. The molecule has 0 fully saturated rings. The van der Waals surface area contributed by atoms with Crippen LogP contribution < -0.4 is 0 Å². The molecule has 0 unspecified atom stereocenters. The van der Waals surface area contributed by atoms with Crippen LogP contribution >= 0.6 is 11.6 Å². The Balaban J connectivity index is 2.42. The molecule has 1 heterocycles. The second kappa shape index (κ2) is 3.54. The fourth-order valence-electron chi connectivity index (χ4n) is 1.04. The maximum atomic E-state index is 5.76. The third-order valence-electron chi connectivity index (χ3n) is 1.67. The van der Waals surface area contributed by atoms with Crippen molar-refractivity contribution in [2.24, 2.45) is 0 Å². The number of hydrogen-bond donors (Lipinski definition) is 0. The lowest BCUT2D eigenvalue weighted by Gasteiger charge is -1.98. The highest BCUT2D eigenvalue weighted by molar-refractivity contribution is 6.30. The quantitative estimate of drug-likeness (QED) is 0.689. The van der Waals surface area contributed by atoms with E-state index in [-0.39, 0.29) is 0 Å². The highest BCUT2D eigenvalue weighted by Crippen LogP contribution is 2.18. The summed E-state index contributed by atoms with van der Waals surface area (Å²) in [7, 11) is 0. The molecule has 0 amide bonds. The Kier molecular flexibility index (Phi) is 2.23. The second-order valence-electron chi connectivity index (χ2n) is 2.54. The average Bonchev–Trinajstić information content (AvgIpc) is 2.20. The van der Waals surface area contributed by atoms with Crippen molar-refractivity contribution in [1.29, 1.82) is 0 Å². The number of halogens is 1. The van der Waals surface area contributed by atoms with Gasteiger partial charge in [-0.25, -0.2) is 9.97 Å². The fraction of sp³-hybridized carbons (Fsp3) is 0. The highest BCUT2D eigenvalue weighted by atomic mass is 35.5. The predicted molar refractivity (Wildman–Crippen MR) is 51.3 cm³/mol. The van der Waals surface area contributed by atoms with Crippen LogP contribution in [0.25, 0.3) is 11.3 Å². The third-order valence-corrected chi connectivity index (χ3v) is 1.92. The first-order chi connectivity index (χ1) is 6.36. The summed E-state index contributed by atoms with van der Waals surface area (Å²) in [5, 5.41) is 0.724. The van der Waals surface area contributed by atoms with Crippen LogP contribution in [0.2, 0.25) is 5.02 Å². The second-order valence-corrected chi connectivity index (χ2v) is 2.98. The van der Waals surface area contributed by atoms with Crippen molar-refractivity contribution in [2.45, 2.75) is 0 Å². The van der Waals surface area contributed by atoms with E-state index in [1.54, 1.807) is 6.07 Å². The zero-order chi connectivity index (χ0) is 9.10. The first kappa shape index (κ1) is 8.20. The largest absolute Gasteiger partial charge is 0.236 e. The lowest BCUT2D eigenvalue weighted by Crippen LogP contribution is -1.83. The Morgan fingerprint density at radius 3 is 2.54 bits per heavy atom. The van der Waals surface area contributed by atoms with Crippen molar-refractivity contribution in [3.05, 3.63) is 47.9 Å². The van der Waals surface area contributed by atoms with Gasteiger partial charge in [0.1, 0.15) is 6.33 Å². The molecule has 2 nitrogen and oxygen atoms in total. The molecular weight excluding hydrogens is 184 g/mol. The van der Waals surface area contributed by atoms with E-state index >= 15 is 0 Å². The highest BCUT2D eigenvalue weighted by Gasteiger charge is 1.96. The Morgan fingerprint density at radius 1 is 1.15 bits per heavy atom. The molecule has 0 saturated carbocycles. The van der Waals surface area contributed by atoms with Crippen molar-refractivity contribution in [2.75, 3.05) is 0 Å². The van der Waals surface area contributed by atoms with E-state index in [2.05, 4.69) is 16.2 Å². The number of aromatic nitrogens is 2. The lowest BCUT2D eigenvalue weighted by molar-refractivity contribution is 1.16. The number of hydrogen-bond acceptors (Lipinski definition) is 2. The molecule has 0 aliphatic carbocycles. The number of nitrogens with zero attached hydrogens (tertiary/aromatic N) is 2. The van der Waals surface area contributed by atoms with E-state index in [9.17, 15) is 0 Å². The summed E-state index contributed by atoms with van der Waals surface area (Å²) in [6.07, 6.45) is 4.20. The summed E-state index contributed by atoms with van der Waals surface area (Å²) in [6.45, 7) is 0. The van der Waals surface area contributed by atoms with Crippen LogP contribution in [0.3, 0.4) is 0 Å². The number of benzene rings is 1. The first-order valence-corrected chi connectivity index (χ1v) is 4.18. The topological polar surface area (TPSA) is 25.8 Å². The maximum Gasteiger partial charge on any atom is 0.116 e. The summed E-state index contributed by atoms with van der Waals surface area (Å²) in [5.74, 6) is 0. The van der Waals surface area contributed by atoms with Gasteiger partial charge in [0.25, 0.3) is 0 Å².